The average molecular weight is 290 g/mol. The third-order valence-electron chi connectivity index (χ3n) is 4.78. The molecule has 114 valence electrons. The lowest BCUT2D eigenvalue weighted by atomic mass is 10.1. The molecule has 1 aliphatic carbocycles. The summed E-state index contributed by atoms with van der Waals surface area (Å²) >= 11 is 0. The number of piperazine rings is 1. The van der Waals surface area contributed by atoms with E-state index >= 15 is 0 Å². The van der Waals surface area contributed by atoms with Gasteiger partial charge in [-0.05, 0) is 37.1 Å². The molecule has 3 nitrogen and oxygen atoms in total. The molecule has 1 aromatic rings. The Labute approximate surface area is 125 Å². The second-order valence-corrected chi connectivity index (χ2v) is 6.18. The molecule has 2 fully saturated rings. The Hall–Kier alpha value is -1.26. The van der Waals surface area contributed by atoms with E-state index in [9.17, 15) is 9.18 Å². The fourth-order valence-electron chi connectivity index (χ4n) is 3.49. The molecule has 3 rings (SSSR count). The Balaban J connectivity index is 1.48. The minimum Gasteiger partial charge on any atom is -0.298 e. The number of Topliss-reactive ketones (excluding diaryl/α,β-unsaturated/α-hetero) is 1. The molecule has 1 saturated carbocycles. The summed E-state index contributed by atoms with van der Waals surface area (Å²) in [5.74, 6) is -0.207. The lowest BCUT2D eigenvalue weighted by Gasteiger charge is -2.37. The first kappa shape index (κ1) is 14.7. The third kappa shape index (κ3) is 3.69. The first-order valence-electron chi connectivity index (χ1n) is 7.97. The van der Waals surface area contributed by atoms with Crippen LogP contribution in [0, 0.1) is 5.82 Å². The predicted octanol–water partition coefficient (Wildman–Crippen LogP) is 2.57. The Morgan fingerprint density at radius 2 is 1.67 bits per heavy atom. The number of hydrogen-bond donors (Lipinski definition) is 0. The van der Waals surface area contributed by atoms with Crippen molar-refractivity contribution in [3.8, 4) is 0 Å². The topological polar surface area (TPSA) is 23.6 Å². The molecule has 0 radical (unpaired) electrons. The van der Waals surface area contributed by atoms with Crippen molar-refractivity contribution in [1.82, 2.24) is 9.80 Å². The standard InChI is InChI=1S/C17H23FN2O/c18-15-7-5-14(6-8-15)17(21)13-19-9-11-20(12-10-19)16-3-1-2-4-16/h5-8,16H,1-4,9-13H2. The van der Waals surface area contributed by atoms with Crippen molar-refractivity contribution in [2.75, 3.05) is 32.7 Å². The van der Waals surface area contributed by atoms with E-state index in [1.54, 1.807) is 12.1 Å². The normalized spacial score (nSPS) is 21.8. The van der Waals surface area contributed by atoms with Crippen LogP contribution in [0.15, 0.2) is 24.3 Å². The van der Waals surface area contributed by atoms with Crippen molar-refractivity contribution in [3.05, 3.63) is 35.6 Å². The van der Waals surface area contributed by atoms with Gasteiger partial charge in [0.15, 0.2) is 5.78 Å². The highest BCUT2D eigenvalue weighted by atomic mass is 19.1. The minimum atomic E-state index is -0.295. The lowest BCUT2D eigenvalue weighted by Crippen LogP contribution is -2.50. The van der Waals surface area contributed by atoms with Gasteiger partial charge in [-0.15, -0.1) is 0 Å². The maximum atomic E-state index is 12.9. The molecular weight excluding hydrogens is 267 g/mol. The summed E-state index contributed by atoms with van der Waals surface area (Å²) < 4.78 is 12.9. The smallest absolute Gasteiger partial charge is 0.176 e. The minimum absolute atomic E-state index is 0.0873. The van der Waals surface area contributed by atoms with E-state index in [2.05, 4.69) is 9.80 Å². The zero-order chi connectivity index (χ0) is 14.7. The van der Waals surface area contributed by atoms with Crippen molar-refractivity contribution >= 4 is 5.78 Å². The van der Waals surface area contributed by atoms with Gasteiger partial charge in [-0.2, -0.15) is 0 Å². The first-order chi connectivity index (χ1) is 10.2. The van der Waals surface area contributed by atoms with E-state index in [0.717, 1.165) is 32.2 Å². The molecule has 0 atom stereocenters. The summed E-state index contributed by atoms with van der Waals surface area (Å²) in [7, 11) is 0. The summed E-state index contributed by atoms with van der Waals surface area (Å²) in [5.41, 5.74) is 0.606. The van der Waals surface area contributed by atoms with E-state index in [4.69, 9.17) is 0 Å². The summed E-state index contributed by atoms with van der Waals surface area (Å²) in [6.45, 7) is 4.51. The highest BCUT2D eigenvalue weighted by molar-refractivity contribution is 5.97. The summed E-state index contributed by atoms with van der Waals surface area (Å²) in [5, 5.41) is 0. The SMILES string of the molecule is O=C(CN1CCN(C2CCCC2)CC1)c1ccc(F)cc1. The number of nitrogens with zero attached hydrogens (tertiary/aromatic N) is 2. The van der Waals surface area contributed by atoms with Gasteiger partial charge < -0.3 is 0 Å². The molecule has 1 saturated heterocycles. The average Bonchev–Trinajstić information content (AvgIpc) is 3.03. The van der Waals surface area contributed by atoms with Crippen molar-refractivity contribution in [2.24, 2.45) is 0 Å². The molecule has 0 aromatic heterocycles. The van der Waals surface area contributed by atoms with E-state index in [0.29, 0.717) is 12.1 Å². The molecule has 4 heteroatoms. The fourth-order valence-corrected chi connectivity index (χ4v) is 3.49. The lowest BCUT2D eigenvalue weighted by molar-refractivity contribution is 0.0775. The number of hydrogen-bond acceptors (Lipinski definition) is 3. The Bertz CT molecular complexity index is 474. The number of ketones is 1. The van der Waals surface area contributed by atoms with Gasteiger partial charge in [0.25, 0.3) is 0 Å². The highest BCUT2D eigenvalue weighted by Gasteiger charge is 2.26. The number of halogens is 1. The predicted molar refractivity (Wildman–Crippen MR) is 81.0 cm³/mol. The second kappa shape index (κ2) is 6.67. The maximum absolute atomic E-state index is 12.9. The van der Waals surface area contributed by atoms with Gasteiger partial charge in [0.1, 0.15) is 5.82 Å². The van der Waals surface area contributed by atoms with E-state index in [1.165, 1.54) is 37.8 Å². The molecular formula is C17H23FN2O. The molecule has 1 aromatic carbocycles. The first-order valence-corrected chi connectivity index (χ1v) is 7.97. The van der Waals surface area contributed by atoms with Crippen LogP contribution in [0.4, 0.5) is 4.39 Å². The fraction of sp³-hybridized carbons (Fsp3) is 0.588. The quantitative estimate of drug-likeness (QED) is 0.796. The van der Waals surface area contributed by atoms with Crippen molar-refractivity contribution in [3.63, 3.8) is 0 Å². The summed E-state index contributed by atoms with van der Waals surface area (Å²) in [4.78, 5) is 17.0. The molecule has 1 aliphatic heterocycles. The molecule has 21 heavy (non-hydrogen) atoms. The van der Waals surface area contributed by atoms with Crippen molar-refractivity contribution in [1.29, 1.82) is 0 Å². The summed E-state index contributed by atoms with van der Waals surface area (Å²) in [6, 6.07) is 6.63. The van der Waals surface area contributed by atoms with Crippen LogP contribution in [0.2, 0.25) is 0 Å². The van der Waals surface area contributed by atoms with Crippen LogP contribution in [0.5, 0.6) is 0 Å². The van der Waals surface area contributed by atoms with Gasteiger partial charge >= 0.3 is 0 Å². The maximum Gasteiger partial charge on any atom is 0.176 e. The van der Waals surface area contributed by atoms with Crippen LogP contribution in [0.3, 0.4) is 0 Å². The highest BCUT2D eigenvalue weighted by Crippen LogP contribution is 2.24. The Kier molecular flexibility index (Phi) is 4.66. The van der Waals surface area contributed by atoms with Gasteiger partial charge in [-0.25, -0.2) is 4.39 Å². The molecule has 0 unspecified atom stereocenters. The number of benzene rings is 1. The van der Waals surface area contributed by atoms with Crippen LogP contribution in [0.25, 0.3) is 0 Å². The van der Waals surface area contributed by atoms with Crippen LogP contribution >= 0.6 is 0 Å². The summed E-state index contributed by atoms with van der Waals surface area (Å²) in [6.07, 6.45) is 5.42. The largest absolute Gasteiger partial charge is 0.298 e. The molecule has 0 bridgehead atoms. The third-order valence-corrected chi connectivity index (χ3v) is 4.78. The van der Waals surface area contributed by atoms with Gasteiger partial charge in [-0.1, -0.05) is 12.8 Å². The van der Waals surface area contributed by atoms with Gasteiger partial charge in [-0.3, -0.25) is 14.6 Å². The molecule has 0 N–H and O–H groups in total. The molecule has 0 spiro atoms. The van der Waals surface area contributed by atoms with Crippen molar-refractivity contribution in [2.45, 2.75) is 31.7 Å². The van der Waals surface area contributed by atoms with E-state index in [-0.39, 0.29) is 11.6 Å². The molecule has 0 amide bonds. The Morgan fingerprint density at radius 1 is 1.05 bits per heavy atom. The Morgan fingerprint density at radius 3 is 2.29 bits per heavy atom. The van der Waals surface area contributed by atoms with Gasteiger partial charge in [0.2, 0.25) is 0 Å². The number of rotatable bonds is 4. The van der Waals surface area contributed by atoms with Crippen LogP contribution in [-0.2, 0) is 0 Å². The van der Waals surface area contributed by atoms with Crippen molar-refractivity contribution < 1.29 is 9.18 Å². The van der Waals surface area contributed by atoms with E-state index in [1.807, 2.05) is 0 Å². The number of carbonyl (C=O) groups is 1. The van der Waals surface area contributed by atoms with Crippen LogP contribution in [0.1, 0.15) is 36.0 Å². The second-order valence-electron chi connectivity index (χ2n) is 6.18. The van der Waals surface area contributed by atoms with E-state index < -0.39 is 0 Å². The van der Waals surface area contributed by atoms with Gasteiger partial charge in [0, 0.05) is 37.8 Å². The zero-order valence-electron chi connectivity index (χ0n) is 12.4. The zero-order valence-corrected chi connectivity index (χ0v) is 12.4. The van der Waals surface area contributed by atoms with Crippen LogP contribution in [-0.4, -0.2) is 54.3 Å². The monoisotopic (exact) mass is 290 g/mol. The van der Waals surface area contributed by atoms with Crippen LogP contribution < -0.4 is 0 Å². The molecule has 1 heterocycles. The number of carbonyl (C=O) groups excluding carboxylic acids is 1. The van der Waals surface area contributed by atoms with Gasteiger partial charge in [0.05, 0.1) is 6.54 Å². The molecule has 2 aliphatic rings.